The van der Waals surface area contributed by atoms with Gasteiger partial charge in [0.05, 0.1) is 16.3 Å². The minimum atomic E-state index is -4.74. The van der Waals surface area contributed by atoms with Crippen molar-refractivity contribution in [1.82, 2.24) is 5.32 Å². The van der Waals surface area contributed by atoms with Crippen LogP contribution in [0.4, 0.5) is 23.7 Å². The van der Waals surface area contributed by atoms with Crippen LogP contribution in [0.1, 0.15) is 11.1 Å². The van der Waals surface area contributed by atoms with Crippen molar-refractivity contribution in [2.75, 3.05) is 11.5 Å². The SMILES string of the molecule is C#CCOc1ccccc1/C=C1/C(=O)NC(=O)N(c2cc(C(F)(F)F)ccc2Cl)C1=O. The van der Waals surface area contributed by atoms with E-state index in [9.17, 15) is 27.6 Å². The Morgan fingerprint density at radius 2 is 1.87 bits per heavy atom. The van der Waals surface area contributed by atoms with Crippen molar-refractivity contribution in [3.63, 3.8) is 0 Å². The highest BCUT2D eigenvalue weighted by molar-refractivity contribution is 6.42. The number of hydrogen-bond acceptors (Lipinski definition) is 4. The van der Waals surface area contributed by atoms with Crippen LogP contribution in [0, 0.1) is 12.3 Å². The summed E-state index contributed by atoms with van der Waals surface area (Å²) in [5.74, 6) is 0.355. The minimum absolute atomic E-state index is 0.0786. The Kier molecular flexibility index (Phi) is 6.04. The van der Waals surface area contributed by atoms with Crippen LogP contribution in [0.25, 0.3) is 6.08 Å². The van der Waals surface area contributed by atoms with Crippen LogP contribution in [0.5, 0.6) is 5.75 Å². The van der Waals surface area contributed by atoms with E-state index in [1.807, 2.05) is 5.32 Å². The molecule has 1 fully saturated rings. The van der Waals surface area contributed by atoms with Gasteiger partial charge in [-0.3, -0.25) is 14.9 Å². The number of urea groups is 1. The second-order valence-electron chi connectivity index (χ2n) is 6.15. The van der Waals surface area contributed by atoms with E-state index in [1.165, 1.54) is 6.07 Å². The number of anilines is 1. The molecule has 1 heterocycles. The monoisotopic (exact) mass is 448 g/mol. The second kappa shape index (κ2) is 8.53. The lowest BCUT2D eigenvalue weighted by molar-refractivity contribution is -0.137. The van der Waals surface area contributed by atoms with Crippen molar-refractivity contribution >= 4 is 41.2 Å². The van der Waals surface area contributed by atoms with Gasteiger partial charge < -0.3 is 4.74 Å². The molecule has 1 saturated heterocycles. The van der Waals surface area contributed by atoms with Crippen LogP contribution in [0.2, 0.25) is 5.02 Å². The summed E-state index contributed by atoms with van der Waals surface area (Å²) < 4.78 is 44.6. The largest absolute Gasteiger partial charge is 0.480 e. The Bertz CT molecular complexity index is 1150. The lowest BCUT2D eigenvalue weighted by Gasteiger charge is -2.27. The van der Waals surface area contributed by atoms with Gasteiger partial charge in [-0.2, -0.15) is 13.2 Å². The number of imide groups is 2. The number of ether oxygens (including phenoxy) is 1. The standard InChI is InChI=1S/C21H12ClF3N2O4/c1-2-9-31-17-6-4-3-5-12(17)10-14-18(28)26-20(30)27(19(14)29)16-11-13(21(23,24)25)7-8-15(16)22/h1,3-8,10-11H,9H2,(H,26,28,30)/b14-10-. The highest BCUT2D eigenvalue weighted by atomic mass is 35.5. The fraction of sp³-hybridized carbons (Fsp3) is 0.0952. The molecule has 2 aromatic rings. The molecule has 158 valence electrons. The smallest absolute Gasteiger partial charge is 0.416 e. The van der Waals surface area contributed by atoms with Crippen LogP contribution in [-0.2, 0) is 15.8 Å². The number of halogens is 4. The summed E-state index contributed by atoms with van der Waals surface area (Å²) in [4.78, 5) is 37.9. The Morgan fingerprint density at radius 3 is 2.55 bits per heavy atom. The lowest BCUT2D eigenvalue weighted by atomic mass is 10.1. The van der Waals surface area contributed by atoms with Crippen LogP contribution < -0.4 is 15.0 Å². The van der Waals surface area contributed by atoms with Gasteiger partial charge in [0, 0.05) is 5.56 Å². The predicted octanol–water partition coefficient (Wildman–Crippen LogP) is 4.04. The number of alkyl halides is 3. The van der Waals surface area contributed by atoms with E-state index in [4.69, 9.17) is 22.8 Å². The van der Waals surface area contributed by atoms with E-state index in [1.54, 1.807) is 18.2 Å². The summed E-state index contributed by atoms with van der Waals surface area (Å²) in [6, 6.07) is 7.24. The van der Waals surface area contributed by atoms with Crippen molar-refractivity contribution in [2.24, 2.45) is 0 Å². The van der Waals surface area contributed by atoms with E-state index < -0.39 is 40.8 Å². The number of carbonyl (C=O) groups is 3. The summed E-state index contributed by atoms with van der Waals surface area (Å²) >= 11 is 5.95. The zero-order chi connectivity index (χ0) is 22.8. The molecule has 0 aromatic heterocycles. The molecule has 0 aliphatic carbocycles. The first-order valence-corrected chi connectivity index (χ1v) is 8.94. The van der Waals surface area contributed by atoms with Crippen molar-refractivity contribution < 1.29 is 32.3 Å². The Balaban J connectivity index is 2.07. The maximum Gasteiger partial charge on any atom is 0.416 e. The molecule has 2 aromatic carbocycles. The molecule has 3 rings (SSSR count). The minimum Gasteiger partial charge on any atom is -0.480 e. The van der Waals surface area contributed by atoms with Crippen molar-refractivity contribution in [2.45, 2.75) is 6.18 Å². The topological polar surface area (TPSA) is 75.7 Å². The Hall–Kier alpha value is -3.77. The van der Waals surface area contributed by atoms with Crippen molar-refractivity contribution in [3.05, 3.63) is 64.2 Å². The van der Waals surface area contributed by atoms with Gasteiger partial charge in [0.1, 0.15) is 17.9 Å². The predicted molar refractivity (Wildman–Crippen MR) is 106 cm³/mol. The number of para-hydroxylation sites is 1. The first-order valence-electron chi connectivity index (χ1n) is 8.57. The number of barbiturate groups is 1. The molecular formula is C21H12ClF3N2O4. The summed E-state index contributed by atoms with van der Waals surface area (Å²) in [6.07, 6.45) is 1.57. The maximum absolute atomic E-state index is 13.1. The quantitative estimate of drug-likeness (QED) is 0.435. The number of hydrogen-bond donors (Lipinski definition) is 1. The third kappa shape index (κ3) is 4.54. The number of rotatable bonds is 4. The molecule has 0 spiro atoms. The van der Waals surface area contributed by atoms with Crippen molar-refractivity contribution in [3.8, 4) is 18.1 Å². The maximum atomic E-state index is 13.1. The molecule has 31 heavy (non-hydrogen) atoms. The second-order valence-corrected chi connectivity index (χ2v) is 6.56. The Labute approximate surface area is 179 Å². The fourth-order valence-electron chi connectivity index (χ4n) is 2.74. The molecule has 1 aliphatic rings. The summed E-state index contributed by atoms with van der Waals surface area (Å²) in [7, 11) is 0. The number of nitrogens with zero attached hydrogens (tertiary/aromatic N) is 1. The fourth-order valence-corrected chi connectivity index (χ4v) is 2.94. The van der Waals surface area contributed by atoms with Crippen LogP contribution in [-0.4, -0.2) is 24.5 Å². The highest BCUT2D eigenvalue weighted by Crippen LogP contribution is 2.36. The number of amides is 4. The van der Waals surface area contributed by atoms with Gasteiger partial charge in [0.2, 0.25) is 0 Å². The third-order valence-corrected chi connectivity index (χ3v) is 4.47. The van der Waals surface area contributed by atoms with Gasteiger partial charge in [-0.25, -0.2) is 9.69 Å². The molecule has 0 radical (unpaired) electrons. The van der Waals surface area contributed by atoms with Gasteiger partial charge in [-0.05, 0) is 30.3 Å². The first-order chi connectivity index (χ1) is 14.6. The molecule has 0 atom stereocenters. The molecule has 0 bridgehead atoms. The van der Waals surface area contributed by atoms with Crippen LogP contribution in [0.15, 0.2) is 48.0 Å². The molecule has 1 N–H and O–H groups in total. The van der Waals surface area contributed by atoms with Crippen LogP contribution in [0.3, 0.4) is 0 Å². The summed E-state index contributed by atoms with van der Waals surface area (Å²) in [6.45, 7) is -0.0786. The van der Waals surface area contributed by atoms with Crippen LogP contribution >= 0.6 is 11.6 Å². The molecule has 10 heteroatoms. The third-order valence-electron chi connectivity index (χ3n) is 4.15. The lowest BCUT2D eigenvalue weighted by Crippen LogP contribution is -2.54. The van der Waals surface area contributed by atoms with Gasteiger partial charge in [0.25, 0.3) is 11.8 Å². The zero-order valence-corrected chi connectivity index (χ0v) is 16.3. The molecule has 1 aliphatic heterocycles. The van der Waals surface area contributed by atoms with E-state index in [2.05, 4.69) is 5.92 Å². The van der Waals surface area contributed by atoms with Gasteiger partial charge >= 0.3 is 12.2 Å². The number of nitrogens with one attached hydrogen (secondary N) is 1. The van der Waals surface area contributed by atoms with E-state index >= 15 is 0 Å². The summed E-state index contributed by atoms with van der Waals surface area (Å²) in [5, 5.41) is 1.63. The van der Waals surface area contributed by atoms with E-state index in [-0.39, 0.29) is 17.4 Å². The molecule has 0 saturated carbocycles. The Morgan fingerprint density at radius 1 is 1.16 bits per heavy atom. The zero-order valence-electron chi connectivity index (χ0n) is 15.5. The average Bonchev–Trinajstić information content (AvgIpc) is 2.70. The molecule has 6 nitrogen and oxygen atoms in total. The number of carbonyl (C=O) groups excluding carboxylic acids is 3. The van der Waals surface area contributed by atoms with Gasteiger partial charge in [0.15, 0.2) is 0 Å². The highest BCUT2D eigenvalue weighted by Gasteiger charge is 2.39. The number of benzene rings is 2. The summed E-state index contributed by atoms with van der Waals surface area (Å²) in [5.41, 5.74) is -1.86. The molecular weight excluding hydrogens is 437 g/mol. The van der Waals surface area contributed by atoms with E-state index in [0.29, 0.717) is 22.6 Å². The van der Waals surface area contributed by atoms with E-state index in [0.717, 1.165) is 12.1 Å². The first kappa shape index (κ1) is 21.9. The number of terminal acetylenes is 1. The van der Waals surface area contributed by atoms with Gasteiger partial charge in [-0.15, -0.1) is 6.42 Å². The average molecular weight is 449 g/mol. The molecule has 4 amide bonds. The normalized spacial score (nSPS) is 15.6. The van der Waals surface area contributed by atoms with Gasteiger partial charge in [-0.1, -0.05) is 35.7 Å². The molecule has 0 unspecified atom stereocenters. The van der Waals surface area contributed by atoms with Crippen molar-refractivity contribution in [1.29, 1.82) is 0 Å².